The molecule has 1 amide bonds. The van der Waals surface area contributed by atoms with E-state index in [4.69, 9.17) is 4.74 Å². The van der Waals surface area contributed by atoms with Gasteiger partial charge >= 0.3 is 0 Å². The molecule has 1 aliphatic carbocycles. The van der Waals surface area contributed by atoms with Crippen molar-refractivity contribution in [1.29, 1.82) is 0 Å². The van der Waals surface area contributed by atoms with Crippen LogP contribution in [0.1, 0.15) is 25.0 Å². The van der Waals surface area contributed by atoms with Crippen LogP contribution in [0.4, 0.5) is 4.39 Å². The third-order valence-corrected chi connectivity index (χ3v) is 6.26. The van der Waals surface area contributed by atoms with Crippen molar-refractivity contribution in [2.24, 2.45) is 5.92 Å². The average molecular weight is 421 g/mol. The van der Waals surface area contributed by atoms with Crippen LogP contribution in [0.25, 0.3) is 27.7 Å². The molecule has 160 valence electrons. The lowest BCUT2D eigenvalue weighted by atomic mass is 9.86. The van der Waals surface area contributed by atoms with E-state index in [1.165, 1.54) is 12.1 Å². The van der Waals surface area contributed by atoms with E-state index in [1.807, 2.05) is 12.1 Å². The van der Waals surface area contributed by atoms with Gasteiger partial charge in [0, 0.05) is 41.8 Å². The zero-order chi connectivity index (χ0) is 21.5. The first-order valence-electron chi connectivity index (χ1n) is 10.5. The SMILES string of the molecule is COc1ccc(F)cc1-c1ccnc2[nH]c(C3=CCC(C(=O)N4CC(O)C4)CC3)cc12. The molecule has 1 aliphatic heterocycles. The summed E-state index contributed by atoms with van der Waals surface area (Å²) >= 11 is 0. The number of hydrogen-bond donors (Lipinski definition) is 2. The molecule has 0 spiro atoms. The molecule has 1 aromatic carbocycles. The number of halogens is 1. The maximum atomic E-state index is 13.9. The number of carbonyl (C=O) groups is 1. The van der Waals surface area contributed by atoms with Gasteiger partial charge in [0.2, 0.25) is 5.91 Å². The number of rotatable bonds is 4. The Labute approximate surface area is 179 Å². The Bertz CT molecular complexity index is 1180. The molecule has 0 saturated carbocycles. The number of benzene rings is 1. The highest BCUT2D eigenvalue weighted by atomic mass is 19.1. The fourth-order valence-corrected chi connectivity index (χ4v) is 4.52. The lowest BCUT2D eigenvalue weighted by Gasteiger charge is -2.38. The first kappa shape index (κ1) is 19.8. The minimum Gasteiger partial charge on any atom is -0.496 e. The number of H-pyrrole nitrogens is 1. The van der Waals surface area contributed by atoms with Crippen LogP contribution in [-0.2, 0) is 4.79 Å². The molecule has 1 saturated heterocycles. The van der Waals surface area contributed by atoms with Gasteiger partial charge in [0.1, 0.15) is 17.2 Å². The molecule has 1 fully saturated rings. The number of aliphatic hydroxyl groups is 1. The number of likely N-dealkylation sites (tertiary alicyclic amines) is 1. The number of allylic oxidation sites excluding steroid dienone is 2. The number of methoxy groups -OCH3 is 1. The van der Waals surface area contributed by atoms with E-state index in [2.05, 4.69) is 16.0 Å². The van der Waals surface area contributed by atoms with Gasteiger partial charge in [0.25, 0.3) is 0 Å². The van der Waals surface area contributed by atoms with E-state index < -0.39 is 0 Å². The highest BCUT2D eigenvalue weighted by Gasteiger charge is 2.34. The minimum absolute atomic E-state index is 0.0223. The smallest absolute Gasteiger partial charge is 0.226 e. The van der Waals surface area contributed by atoms with Gasteiger partial charge in [0.05, 0.1) is 13.2 Å². The molecule has 7 heteroatoms. The summed E-state index contributed by atoms with van der Waals surface area (Å²) in [7, 11) is 1.57. The van der Waals surface area contributed by atoms with Crippen LogP contribution in [0.2, 0.25) is 0 Å². The number of aromatic amines is 1. The van der Waals surface area contributed by atoms with Crippen LogP contribution < -0.4 is 4.74 Å². The normalized spacial score (nSPS) is 19.3. The van der Waals surface area contributed by atoms with Crippen molar-refractivity contribution >= 4 is 22.5 Å². The molecule has 31 heavy (non-hydrogen) atoms. The number of fused-ring (bicyclic) bond motifs is 1. The quantitative estimate of drug-likeness (QED) is 0.672. The van der Waals surface area contributed by atoms with Gasteiger partial charge in [-0.3, -0.25) is 4.79 Å². The summed E-state index contributed by atoms with van der Waals surface area (Å²) < 4.78 is 19.4. The molecule has 5 rings (SSSR count). The van der Waals surface area contributed by atoms with Gasteiger partial charge in [-0.2, -0.15) is 0 Å². The Hall–Kier alpha value is -3.19. The zero-order valence-electron chi connectivity index (χ0n) is 17.3. The summed E-state index contributed by atoms with van der Waals surface area (Å²) in [6, 6.07) is 8.39. The molecule has 1 atom stereocenters. The molecular weight excluding hydrogens is 397 g/mol. The summed E-state index contributed by atoms with van der Waals surface area (Å²) in [5.74, 6) is 0.396. The number of amides is 1. The van der Waals surface area contributed by atoms with Crippen molar-refractivity contribution in [1.82, 2.24) is 14.9 Å². The summed E-state index contributed by atoms with van der Waals surface area (Å²) in [6.07, 6.45) is 5.71. The fourth-order valence-electron chi connectivity index (χ4n) is 4.52. The van der Waals surface area contributed by atoms with E-state index in [-0.39, 0.29) is 23.7 Å². The minimum atomic E-state index is -0.372. The van der Waals surface area contributed by atoms with E-state index in [0.717, 1.165) is 40.7 Å². The fraction of sp³-hybridized carbons (Fsp3) is 0.333. The largest absolute Gasteiger partial charge is 0.496 e. The predicted octanol–water partition coefficient (Wildman–Crippen LogP) is 3.76. The highest BCUT2D eigenvalue weighted by Crippen LogP contribution is 2.38. The van der Waals surface area contributed by atoms with Crippen LogP contribution in [0, 0.1) is 11.7 Å². The zero-order valence-corrected chi connectivity index (χ0v) is 17.3. The third-order valence-electron chi connectivity index (χ3n) is 6.26. The van der Waals surface area contributed by atoms with Crippen molar-refractivity contribution in [3.63, 3.8) is 0 Å². The molecule has 3 heterocycles. The number of aliphatic hydroxyl groups excluding tert-OH is 1. The summed E-state index contributed by atoms with van der Waals surface area (Å²) in [5, 5.41) is 10.3. The molecular formula is C24H24FN3O3. The van der Waals surface area contributed by atoms with E-state index in [9.17, 15) is 14.3 Å². The first-order valence-corrected chi connectivity index (χ1v) is 10.5. The number of carbonyl (C=O) groups excluding carboxylic acids is 1. The Morgan fingerprint density at radius 2 is 2.10 bits per heavy atom. The lowest BCUT2D eigenvalue weighted by molar-refractivity contribution is -0.145. The van der Waals surface area contributed by atoms with Crippen LogP contribution >= 0.6 is 0 Å². The predicted molar refractivity (Wildman–Crippen MR) is 116 cm³/mol. The van der Waals surface area contributed by atoms with Gasteiger partial charge in [0.15, 0.2) is 0 Å². The van der Waals surface area contributed by atoms with Crippen LogP contribution in [0.15, 0.2) is 42.6 Å². The van der Waals surface area contributed by atoms with Crippen LogP contribution in [-0.4, -0.2) is 52.2 Å². The van der Waals surface area contributed by atoms with Crippen molar-refractivity contribution in [2.45, 2.75) is 25.4 Å². The van der Waals surface area contributed by atoms with Crippen molar-refractivity contribution < 1.29 is 19.0 Å². The maximum Gasteiger partial charge on any atom is 0.226 e. The van der Waals surface area contributed by atoms with Crippen molar-refractivity contribution in [3.05, 3.63) is 54.1 Å². The summed E-state index contributed by atoms with van der Waals surface area (Å²) in [5.41, 5.74) is 4.39. The molecule has 3 aromatic rings. The topological polar surface area (TPSA) is 78.5 Å². The van der Waals surface area contributed by atoms with Gasteiger partial charge in [-0.05, 0) is 60.7 Å². The average Bonchev–Trinajstić information content (AvgIpc) is 3.21. The molecule has 0 radical (unpaired) electrons. The van der Waals surface area contributed by atoms with E-state index in [0.29, 0.717) is 30.8 Å². The lowest BCUT2D eigenvalue weighted by Crippen LogP contribution is -2.55. The first-order chi connectivity index (χ1) is 15.0. The van der Waals surface area contributed by atoms with Crippen LogP contribution in [0.5, 0.6) is 5.75 Å². The number of aromatic nitrogens is 2. The van der Waals surface area contributed by atoms with Gasteiger partial charge in [-0.15, -0.1) is 0 Å². The van der Waals surface area contributed by atoms with Crippen LogP contribution in [0.3, 0.4) is 0 Å². The number of β-amino-alcohol motifs (C(OH)–C–C–N with tert-alkyl or cyclic N) is 1. The molecule has 2 aromatic heterocycles. The highest BCUT2D eigenvalue weighted by molar-refractivity contribution is 5.96. The number of hydrogen-bond acceptors (Lipinski definition) is 4. The maximum absolute atomic E-state index is 13.9. The molecule has 2 aliphatic rings. The second-order valence-electron chi connectivity index (χ2n) is 8.25. The van der Waals surface area contributed by atoms with Crippen molar-refractivity contribution in [3.8, 4) is 16.9 Å². The number of nitrogens with zero attached hydrogens (tertiary/aromatic N) is 2. The Morgan fingerprint density at radius 3 is 2.81 bits per heavy atom. The second kappa shape index (κ2) is 7.81. The number of pyridine rings is 1. The molecule has 1 unspecified atom stereocenters. The second-order valence-corrected chi connectivity index (χ2v) is 8.25. The standard InChI is InChI=1S/C24H24FN3O3/c1-31-22-7-6-16(25)10-19(22)18-8-9-26-23-20(18)11-21(27-23)14-2-4-15(5-3-14)24(30)28-12-17(29)13-28/h2,6-11,15,17,29H,3-5,12-13H2,1H3,(H,26,27). The van der Waals surface area contributed by atoms with E-state index >= 15 is 0 Å². The monoisotopic (exact) mass is 421 g/mol. The third kappa shape index (κ3) is 3.59. The molecule has 2 N–H and O–H groups in total. The Morgan fingerprint density at radius 1 is 1.26 bits per heavy atom. The van der Waals surface area contributed by atoms with Gasteiger partial charge < -0.3 is 19.7 Å². The van der Waals surface area contributed by atoms with Gasteiger partial charge in [-0.25, -0.2) is 9.37 Å². The number of ether oxygens (including phenoxy) is 1. The van der Waals surface area contributed by atoms with Gasteiger partial charge in [-0.1, -0.05) is 6.08 Å². The Kier molecular flexibility index (Phi) is 4.98. The molecule has 0 bridgehead atoms. The molecule has 6 nitrogen and oxygen atoms in total. The van der Waals surface area contributed by atoms with E-state index in [1.54, 1.807) is 24.3 Å². The summed E-state index contributed by atoms with van der Waals surface area (Å²) in [4.78, 5) is 22.1. The summed E-state index contributed by atoms with van der Waals surface area (Å²) in [6.45, 7) is 0.901. The van der Waals surface area contributed by atoms with Crippen molar-refractivity contribution in [2.75, 3.05) is 20.2 Å². The Balaban J connectivity index is 1.43. The number of nitrogens with one attached hydrogen (secondary N) is 1.